The van der Waals surface area contributed by atoms with Crippen LogP contribution in [0.4, 0.5) is 5.69 Å². The van der Waals surface area contributed by atoms with Crippen LogP contribution in [0.3, 0.4) is 0 Å². The van der Waals surface area contributed by atoms with Gasteiger partial charge in [0.05, 0.1) is 4.90 Å². The Kier molecular flexibility index (Phi) is 9.02. The van der Waals surface area contributed by atoms with Crippen LogP contribution in [0.25, 0.3) is 0 Å². The van der Waals surface area contributed by atoms with Crippen molar-refractivity contribution in [3.8, 4) is 0 Å². The van der Waals surface area contributed by atoms with Crippen LogP contribution in [0, 0.1) is 0 Å². The molecule has 0 atom stereocenters. The highest BCUT2D eigenvalue weighted by atomic mass is 32.2. The van der Waals surface area contributed by atoms with Gasteiger partial charge in [0.1, 0.15) is 0 Å². The summed E-state index contributed by atoms with van der Waals surface area (Å²) in [6, 6.07) is 6.32. The number of carbonyl (C=O) groups is 1. The molecule has 140 valence electrons. The monoisotopic (exact) mass is 385 g/mol. The van der Waals surface area contributed by atoms with Crippen molar-refractivity contribution in [2.45, 2.75) is 51.3 Å². The largest absolute Gasteiger partial charge is 0.332 e. The average Bonchev–Trinajstić information content (AvgIpc) is 2.56. The molecule has 0 aromatic heterocycles. The highest BCUT2D eigenvalue weighted by Crippen LogP contribution is 2.18. The Labute approximate surface area is 156 Å². The highest BCUT2D eigenvalue weighted by Gasteiger charge is 2.21. The Bertz CT molecular complexity index is 669. The molecule has 0 heterocycles. The Morgan fingerprint density at radius 2 is 1.68 bits per heavy atom. The zero-order chi connectivity index (χ0) is 18.9. The summed E-state index contributed by atoms with van der Waals surface area (Å²) in [5, 5.41) is 5.72. The number of nitrogens with zero attached hydrogens (tertiary/aromatic N) is 1. The van der Waals surface area contributed by atoms with Gasteiger partial charge in [-0.05, 0) is 42.9 Å². The number of amides is 1. The SMILES string of the molecule is CCCCCC(=O)NC(=S)Nc1ccc(S(=O)(=O)N(CC)CC)cc1. The number of benzene rings is 1. The van der Waals surface area contributed by atoms with E-state index >= 15 is 0 Å². The molecule has 0 saturated heterocycles. The van der Waals surface area contributed by atoms with Crippen LogP contribution in [0.1, 0.15) is 46.5 Å². The summed E-state index contributed by atoms with van der Waals surface area (Å²) < 4.78 is 26.2. The van der Waals surface area contributed by atoms with Crippen molar-refractivity contribution >= 4 is 38.9 Å². The van der Waals surface area contributed by atoms with Gasteiger partial charge in [0.2, 0.25) is 15.9 Å². The van der Waals surface area contributed by atoms with E-state index < -0.39 is 10.0 Å². The minimum absolute atomic E-state index is 0.119. The molecule has 1 aromatic carbocycles. The number of sulfonamides is 1. The quantitative estimate of drug-likeness (QED) is 0.504. The average molecular weight is 386 g/mol. The number of rotatable bonds is 9. The van der Waals surface area contributed by atoms with E-state index in [1.54, 1.807) is 26.0 Å². The predicted molar refractivity (Wildman–Crippen MR) is 105 cm³/mol. The molecule has 1 rings (SSSR count). The highest BCUT2D eigenvalue weighted by molar-refractivity contribution is 7.89. The summed E-state index contributed by atoms with van der Waals surface area (Å²) >= 11 is 5.11. The third-order valence-corrected chi connectivity index (χ3v) is 5.98. The van der Waals surface area contributed by atoms with E-state index in [4.69, 9.17) is 12.2 Å². The van der Waals surface area contributed by atoms with Crippen LogP contribution in [0.15, 0.2) is 29.2 Å². The Morgan fingerprint density at radius 3 is 2.20 bits per heavy atom. The second-order valence-electron chi connectivity index (χ2n) is 5.57. The third-order valence-electron chi connectivity index (χ3n) is 3.72. The van der Waals surface area contributed by atoms with Gasteiger partial charge in [-0.3, -0.25) is 4.79 Å². The van der Waals surface area contributed by atoms with Crippen molar-refractivity contribution in [1.82, 2.24) is 9.62 Å². The Morgan fingerprint density at radius 1 is 1.08 bits per heavy atom. The second kappa shape index (κ2) is 10.5. The van der Waals surface area contributed by atoms with Gasteiger partial charge in [0.25, 0.3) is 0 Å². The first-order valence-corrected chi connectivity index (χ1v) is 10.4. The predicted octanol–water partition coefficient (Wildman–Crippen LogP) is 3.11. The molecular weight excluding hydrogens is 358 g/mol. The molecule has 0 aliphatic carbocycles. The van der Waals surface area contributed by atoms with Crippen molar-refractivity contribution in [2.24, 2.45) is 0 Å². The lowest BCUT2D eigenvalue weighted by atomic mass is 10.2. The Balaban J connectivity index is 2.65. The third kappa shape index (κ3) is 6.72. The summed E-state index contributed by atoms with van der Waals surface area (Å²) in [4.78, 5) is 12.0. The van der Waals surface area contributed by atoms with Gasteiger partial charge in [-0.15, -0.1) is 0 Å². The molecular formula is C17H27N3O3S2. The Hall–Kier alpha value is -1.51. The van der Waals surface area contributed by atoms with E-state index in [0.29, 0.717) is 25.2 Å². The van der Waals surface area contributed by atoms with Gasteiger partial charge in [-0.2, -0.15) is 4.31 Å². The first-order chi connectivity index (χ1) is 11.8. The number of unbranched alkanes of at least 4 members (excludes halogenated alkanes) is 2. The summed E-state index contributed by atoms with van der Waals surface area (Å²) in [5.74, 6) is -0.119. The molecule has 2 N–H and O–H groups in total. The molecule has 0 spiro atoms. The fourth-order valence-electron chi connectivity index (χ4n) is 2.31. The minimum Gasteiger partial charge on any atom is -0.332 e. The van der Waals surface area contributed by atoms with Crippen LogP contribution in [0.2, 0.25) is 0 Å². The fourth-order valence-corrected chi connectivity index (χ4v) is 4.00. The number of hydrogen-bond acceptors (Lipinski definition) is 4. The van der Waals surface area contributed by atoms with Crippen molar-refractivity contribution in [3.63, 3.8) is 0 Å². The second-order valence-corrected chi connectivity index (χ2v) is 7.92. The van der Waals surface area contributed by atoms with Crippen molar-refractivity contribution < 1.29 is 13.2 Å². The summed E-state index contributed by atoms with van der Waals surface area (Å²) in [7, 11) is -3.48. The molecule has 0 radical (unpaired) electrons. The molecule has 8 heteroatoms. The fraction of sp³-hybridized carbons (Fsp3) is 0.529. The van der Waals surface area contributed by atoms with E-state index in [2.05, 4.69) is 17.6 Å². The summed E-state index contributed by atoms with van der Waals surface area (Å²) in [5.41, 5.74) is 0.623. The zero-order valence-electron chi connectivity index (χ0n) is 15.0. The number of carbonyl (C=O) groups excluding carboxylic acids is 1. The number of anilines is 1. The van der Waals surface area contributed by atoms with Crippen LogP contribution in [-0.2, 0) is 14.8 Å². The lowest BCUT2D eigenvalue weighted by Crippen LogP contribution is -2.34. The van der Waals surface area contributed by atoms with E-state index in [1.807, 2.05) is 0 Å². The standard InChI is InChI=1S/C17H27N3O3S2/c1-4-7-8-9-16(21)19-17(24)18-14-10-12-15(13-11-14)25(22,23)20(5-2)6-3/h10-13H,4-9H2,1-3H3,(H2,18,19,21,24). The number of hydrogen-bond donors (Lipinski definition) is 2. The van der Waals surface area contributed by atoms with Gasteiger partial charge in [-0.25, -0.2) is 8.42 Å². The molecule has 6 nitrogen and oxygen atoms in total. The van der Waals surface area contributed by atoms with Crippen LogP contribution in [-0.4, -0.2) is 36.8 Å². The van der Waals surface area contributed by atoms with Gasteiger partial charge in [0.15, 0.2) is 5.11 Å². The maximum Gasteiger partial charge on any atom is 0.243 e. The molecule has 0 aliphatic heterocycles. The molecule has 0 bridgehead atoms. The van der Waals surface area contributed by atoms with Crippen LogP contribution in [0.5, 0.6) is 0 Å². The molecule has 25 heavy (non-hydrogen) atoms. The van der Waals surface area contributed by atoms with E-state index in [0.717, 1.165) is 19.3 Å². The molecule has 0 saturated carbocycles. The smallest absolute Gasteiger partial charge is 0.243 e. The van der Waals surface area contributed by atoms with Gasteiger partial charge in [-0.1, -0.05) is 33.6 Å². The van der Waals surface area contributed by atoms with Crippen molar-refractivity contribution in [3.05, 3.63) is 24.3 Å². The lowest BCUT2D eigenvalue weighted by Gasteiger charge is -2.18. The first-order valence-electron chi connectivity index (χ1n) is 8.56. The van der Waals surface area contributed by atoms with E-state index in [-0.39, 0.29) is 15.9 Å². The van der Waals surface area contributed by atoms with Gasteiger partial charge < -0.3 is 10.6 Å². The van der Waals surface area contributed by atoms with Crippen molar-refractivity contribution in [2.75, 3.05) is 18.4 Å². The molecule has 0 unspecified atom stereocenters. The molecule has 1 amide bonds. The summed E-state index contributed by atoms with van der Waals surface area (Å²) in [6.45, 7) is 6.53. The number of nitrogens with one attached hydrogen (secondary N) is 2. The maximum absolute atomic E-state index is 12.4. The molecule has 1 aromatic rings. The lowest BCUT2D eigenvalue weighted by molar-refractivity contribution is -0.119. The summed E-state index contributed by atoms with van der Waals surface area (Å²) in [6.07, 6.45) is 3.34. The first kappa shape index (κ1) is 21.5. The maximum atomic E-state index is 12.4. The van der Waals surface area contributed by atoms with Crippen LogP contribution >= 0.6 is 12.2 Å². The van der Waals surface area contributed by atoms with E-state index in [9.17, 15) is 13.2 Å². The zero-order valence-corrected chi connectivity index (χ0v) is 16.7. The van der Waals surface area contributed by atoms with E-state index in [1.165, 1.54) is 16.4 Å². The molecule has 0 aliphatic rings. The normalized spacial score (nSPS) is 11.4. The van der Waals surface area contributed by atoms with Gasteiger partial charge in [0, 0.05) is 25.2 Å². The number of thiocarbonyl (C=S) groups is 1. The van der Waals surface area contributed by atoms with Crippen LogP contribution < -0.4 is 10.6 Å². The van der Waals surface area contributed by atoms with Gasteiger partial charge >= 0.3 is 0 Å². The minimum atomic E-state index is -3.48. The molecule has 0 fully saturated rings. The van der Waals surface area contributed by atoms with Crippen molar-refractivity contribution in [1.29, 1.82) is 0 Å². The topological polar surface area (TPSA) is 78.5 Å².